The minimum absolute atomic E-state index is 0.823. The highest BCUT2D eigenvalue weighted by Crippen LogP contribution is 2.31. The molecule has 0 atom stereocenters. The summed E-state index contributed by atoms with van der Waals surface area (Å²) in [5.41, 5.74) is 2.37. The molecule has 2 aromatic rings. The quantitative estimate of drug-likeness (QED) is 0.670. The lowest BCUT2D eigenvalue weighted by Crippen LogP contribution is -1.99. The van der Waals surface area contributed by atoms with Gasteiger partial charge in [-0.2, -0.15) is 0 Å². The molecule has 1 heterocycles. The lowest BCUT2D eigenvalue weighted by Gasteiger charge is -2.09. The molecule has 0 spiro atoms. The molecule has 0 radical (unpaired) electrons. The van der Waals surface area contributed by atoms with E-state index in [1.54, 1.807) is 11.3 Å². The zero-order chi connectivity index (χ0) is 11.5. The van der Waals surface area contributed by atoms with Crippen molar-refractivity contribution in [3.63, 3.8) is 0 Å². The van der Waals surface area contributed by atoms with Crippen LogP contribution in [0.25, 0.3) is 0 Å². The fourth-order valence-electron chi connectivity index (χ4n) is 1.30. The Morgan fingerprint density at radius 2 is 1.81 bits per heavy atom. The molecule has 0 saturated heterocycles. The third-order valence-corrected chi connectivity index (χ3v) is 4.93. The fourth-order valence-corrected chi connectivity index (χ4v) is 3.78. The van der Waals surface area contributed by atoms with Gasteiger partial charge in [-0.3, -0.25) is 0 Å². The van der Waals surface area contributed by atoms with E-state index in [0.717, 1.165) is 25.0 Å². The Labute approximate surface area is 124 Å². The first-order valence-corrected chi connectivity index (χ1v) is 7.83. The molecule has 0 saturated carbocycles. The highest BCUT2D eigenvalue weighted by Gasteiger charge is 2.04. The van der Waals surface area contributed by atoms with Crippen molar-refractivity contribution in [2.24, 2.45) is 0 Å². The van der Waals surface area contributed by atoms with Crippen molar-refractivity contribution >= 4 is 64.8 Å². The van der Waals surface area contributed by atoms with E-state index < -0.39 is 0 Å². The highest BCUT2D eigenvalue weighted by atomic mass is 79.9. The van der Waals surface area contributed by atoms with Gasteiger partial charge in [0, 0.05) is 15.5 Å². The Bertz CT molecular complexity index is 475. The number of hydrogen-bond acceptors (Lipinski definition) is 2. The predicted molar refractivity (Wildman–Crippen MR) is 81.2 cm³/mol. The van der Waals surface area contributed by atoms with E-state index in [4.69, 9.17) is 0 Å². The molecular formula is C11H8Br3NS. The normalized spacial score (nSPS) is 10.4. The van der Waals surface area contributed by atoms with E-state index in [1.807, 2.05) is 18.2 Å². The Hall–Kier alpha value is 0.160. The molecule has 1 aromatic carbocycles. The van der Waals surface area contributed by atoms with Crippen LogP contribution in [0.2, 0.25) is 0 Å². The van der Waals surface area contributed by atoms with E-state index in [1.165, 1.54) is 5.56 Å². The molecule has 0 bridgehead atoms. The van der Waals surface area contributed by atoms with Gasteiger partial charge >= 0.3 is 0 Å². The molecule has 0 unspecified atom stereocenters. The van der Waals surface area contributed by atoms with Crippen LogP contribution in [0.1, 0.15) is 5.56 Å². The molecule has 1 nitrogen and oxygen atoms in total. The standard InChI is InChI=1S/C11H8Br3NS/c12-8-2-1-3-9(13)11(8)15-5-7-4-10(14)16-6-7/h1-4,6,15H,5H2. The van der Waals surface area contributed by atoms with E-state index in [2.05, 4.69) is 64.6 Å². The topological polar surface area (TPSA) is 12.0 Å². The van der Waals surface area contributed by atoms with Crippen molar-refractivity contribution in [1.82, 2.24) is 0 Å². The molecular weight excluding hydrogens is 418 g/mol. The summed E-state index contributed by atoms with van der Waals surface area (Å²) in [6.45, 7) is 0.823. The second-order valence-corrected chi connectivity index (χ2v) is 7.21. The van der Waals surface area contributed by atoms with Crippen LogP contribution in [0.4, 0.5) is 5.69 Å². The second-order valence-electron chi connectivity index (χ2n) is 3.21. The van der Waals surface area contributed by atoms with Gasteiger partial charge in [-0.25, -0.2) is 0 Å². The average Bonchev–Trinajstić information content (AvgIpc) is 2.63. The third-order valence-electron chi connectivity index (χ3n) is 2.05. The maximum Gasteiger partial charge on any atom is 0.0701 e. The van der Waals surface area contributed by atoms with Crippen molar-refractivity contribution in [2.75, 3.05) is 5.32 Å². The first-order valence-electron chi connectivity index (χ1n) is 4.57. The van der Waals surface area contributed by atoms with Crippen molar-refractivity contribution in [2.45, 2.75) is 6.54 Å². The number of benzene rings is 1. The van der Waals surface area contributed by atoms with E-state index in [9.17, 15) is 0 Å². The summed E-state index contributed by atoms with van der Waals surface area (Å²) in [5.74, 6) is 0. The largest absolute Gasteiger partial charge is 0.379 e. The summed E-state index contributed by atoms with van der Waals surface area (Å²) in [7, 11) is 0. The SMILES string of the molecule is Brc1cc(CNc2c(Br)cccc2Br)cs1. The minimum Gasteiger partial charge on any atom is -0.379 e. The van der Waals surface area contributed by atoms with E-state index in [-0.39, 0.29) is 0 Å². The number of rotatable bonds is 3. The first kappa shape index (κ1) is 12.6. The summed E-state index contributed by atoms with van der Waals surface area (Å²) in [6, 6.07) is 8.18. The van der Waals surface area contributed by atoms with Crippen LogP contribution in [-0.4, -0.2) is 0 Å². The van der Waals surface area contributed by atoms with Gasteiger partial charge in [0.05, 0.1) is 9.47 Å². The molecule has 1 N–H and O–H groups in total. The average molecular weight is 426 g/mol. The van der Waals surface area contributed by atoms with Gasteiger partial charge in [0.15, 0.2) is 0 Å². The third kappa shape index (κ3) is 3.09. The Balaban J connectivity index is 2.10. The molecule has 0 aliphatic heterocycles. The van der Waals surface area contributed by atoms with E-state index in [0.29, 0.717) is 0 Å². The lowest BCUT2D eigenvalue weighted by molar-refractivity contribution is 1.15. The Morgan fingerprint density at radius 1 is 1.12 bits per heavy atom. The van der Waals surface area contributed by atoms with Crippen molar-refractivity contribution in [3.05, 3.63) is 47.9 Å². The molecule has 84 valence electrons. The van der Waals surface area contributed by atoms with Gasteiger partial charge in [0.2, 0.25) is 0 Å². The molecule has 0 amide bonds. The zero-order valence-corrected chi connectivity index (χ0v) is 13.7. The Morgan fingerprint density at radius 3 is 2.38 bits per heavy atom. The summed E-state index contributed by atoms with van der Waals surface area (Å²) >= 11 is 12.2. The predicted octanol–water partition coefficient (Wildman–Crippen LogP) is 5.65. The van der Waals surface area contributed by atoms with Crippen LogP contribution in [0.15, 0.2) is 42.4 Å². The number of anilines is 1. The minimum atomic E-state index is 0.823. The van der Waals surface area contributed by atoms with Crippen LogP contribution in [-0.2, 0) is 6.54 Å². The summed E-state index contributed by atoms with van der Waals surface area (Å²) in [5, 5.41) is 5.54. The molecule has 5 heteroatoms. The molecule has 0 aliphatic carbocycles. The summed E-state index contributed by atoms with van der Waals surface area (Å²) in [4.78, 5) is 0. The molecule has 16 heavy (non-hydrogen) atoms. The van der Waals surface area contributed by atoms with Gasteiger partial charge in [0.1, 0.15) is 0 Å². The maximum absolute atomic E-state index is 3.53. The van der Waals surface area contributed by atoms with Crippen molar-refractivity contribution in [3.8, 4) is 0 Å². The Kier molecular flexibility index (Phi) is 4.47. The van der Waals surface area contributed by atoms with Gasteiger partial charge in [0.25, 0.3) is 0 Å². The van der Waals surface area contributed by atoms with Gasteiger partial charge in [-0.1, -0.05) is 6.07 Å². The molecule has 0 fully saturated rings. The van der Waals surface area contributed by atoms with Crippen molar-refractivity contribution in [1.29, 1.82) is 0 Å². The monoisotopic (exact) mass is 423 g/mol. The van der Waals surface area contributed by atoms with Gasteiger partial charge in [-0.05, 0) is 76.9 Å². The van der Waals surface area contributed by atoms with E-state index >= 15 is 0 Å². The van der Waals surface area contributed by atoms with Crippen molar-refractivity contribution < 1.29 is 0 Å². The molecule has 1 aromatic heterocycles. The highest BCUT2D eigenvalue weighted by molar-refractivity contribution is 9.11. The number of hydrogen-bond donors (Lipinski definition) is 1. The van der Waals surface area contributed by atoms with Crippen LogP contribution < -0.4 is 5.32 Å². The number of thiophene rings is 1. The number of halogens is 3. The summed E-state index contributed by atoms with van der Waals surface area (Å²) < 4.78 is 3.29. The van der Waals surface area contributed by atoms with Crippen LogP contribution in [0.3, 0.4) is 0 Å². The van der Waals surface area contributed by atoms with Crippen LogP contribution in [0, 0.1) is 0 Å². The molecule has 0 aliphatic rings. The van der Waals surface area contributed by atoms with Crippen LogP contribution >= 0.6 is 59.1 Å². The number of para-hydroxylation sites is 1. The smallest absolute Gasteiger partial charge is 0.0701 e. The first-order chi connectivity index (χ1) is 7.66. The fraction of sp³-hybridized carbons (Fsp3) is 0.0909. The van der Waals surface area contributed by atoms with Gasteiger partial charge in [-0.15, -0.1) is 11.3 Å². The second kappa shape index (κ2) is 5.67. The van der Waals surface area contributed by atoms with Gasteiger partial charge < -0.3 is 5.32 Å². The molecule has 2 rings (SSSR count). The van der Waals surface area contributed by atoms with Crippen LogP contribution in [0.5, 0.6) is 0 Å². The maximum atomic E-state index is 3.53. The lowest BCUT2D eigenvalue weighted by atomic mass is 10.3. The zero-order valence-electron chi connectivity index (χ0n) is 8.14. The summed E-state index contributed by atoms with van der Waals surface area (Å²) in [6.07, 6.45) is 0. The number of nitrogens with one attached hydrogen (secondary N) is 1.